The molecule has 1 aromatic carbocycles. The number of aromatic nitrogens is 1. The van der Waals surface area contributed by atoms with Crippen LogP contribution in [0.3, 0.4) is 0 Å². The summed E-state index contributed by atoms with van der Waals surface area (Å²) in [6.45, 7) is 2.68. The first-order valence-corrected chi connectivity index (χ1v) is 6.99. The maximum atomic E-state index is 10.9. The third-order valence-corrected chi connectivity index (χ3v) is 3.95. The lowest BCUT2D eigenvalue weighted by Crippen LogP contribution is -1.98. The van der Waals surface area contributed by atoms with E-state index in [9.17, 15) is 10.1 Å². The summed E-state index contributed by atoms with van der Waals surface area (Å²) in [5.74, 6) is 0. The molecule has 0 aliphatic rings. The Morgan fingerprint density at radius 1 is 1.50 bits per heavy atom. The van der Waals surface area contributed by atoms with Gasteiger partial charge in [-0.1, -0.05) is 11.8 Å². The Kier molecular flexibility index (Phi) is 4.16. The van der Waals surface area contributed by atoms with Crippen molar-refractivity contribution in [2.75, 3.05) is 11.9 Å². The molecule has 0 saturated carbocycles. The minimum absolute atomic E-state index is 0.0903. The molecule has 0 amide bonds. The molecule has 0 spiro atoms. The van der Waals surface area contributed by atoms with Crippen LogP contribution in [-0.2, 0) is 0 Å². The zero-order chi connectivity index (χ0) is 13.0. The average molecular weight is 281 g/mol. The van der Waals surface area contributed by atoms with E-state index in [4.69, 9.17) is 0 Å². The van der Waals surface area contributed by atoms with Crippen LogP contribution in [0.5, 0.6) is 0 Å². The van der Waals surface area contributed by atoms with Crippen LogP contribution in [0.2, 0.25) is 0 Å². The Bertz CT molecular complexity index is 543. The molecule has 0 bridgehead atoms. The van der Waals surface area contributed by atoms with E-state index in [1.807, 2.05) is 18.4 Å². The molecule has 0 radical (unpaired) electrons. The molecule has 0 saturated heterocycles. The van der Waals surface area contributed by atoms with Gasteiger partial charge in [-0.2, -0.15) is 0 Å². The average Bonchev–Trinajstić information content (AvgIpc) is 2.82. The van der Waals surface area contributed by atoms with Gasteiger partial charge in [0, 0.05) is 40.8 Å². The van der Waals surface area contributed by atoms with Crippen LogP contribution in [0.15, 0.2) is 39.0 Å². The molecule has 0 unspecified atom stereocenters. The second-order valence-electron chi connectivity index (χ2n) is 3.40. The van der Waals surface area contributed by atoms with Crippen LogP contribution >= 0.6 is 23.1 Å². The van der Waals surface area contributed by atoms with Crippen molar-refractivity contribution in [3.8, 4) is 0 Å². The lowest BCUT2D eigenvalue weighted by atomic mass is 10.3. The molecule has 0 fully saturated rings. The summed E-state index contributed by atoms with van der Waals surface area (Å²) in [5, 5.41) is 15.8. The molecular formula is C11H11N3O2S2. The molecule has 5 nitrogen and oxygen atoms in total. The predicted octanol–water partition coefficient (Wildman–Crippen LogP) is 3.63. The van der Waals surface area contributed by atoms with E-state index in [2.05, 4.69) is 10.3 Å². The minimum Gasteiger partial charge on any atom is -0.385 e. The van der Waals surface area contributed by atoms with Gasteiger partial charge >= 0.3 is 0 Å². The van der Waals surface area contributed by atoms with Gasteiger partial charge in [0.2, 0.25) is 0 Å². The molecule has 0 aliphatic carbocycles. The van der Waals surface area contributed by atoms with Crippen LogP contribution in [0.1, 0.15) is 6.92 Å². The Morgan fingerprint density at radius 2 is 2.33 bits per heavy atom. The number of non-ortho nitro benzene ring substituents is 1. The summed E-state index contributed by atoms with van der Waals surface area (Å²) in [5.41, 5.74) is 0.846. The van der Waals surface area contributed by atoms with Gasteiger partial charge in [0.25, 0.3) is 5.69 Å². The fourth-order valence-corrected chi connectivity index (χ4v) is 3.10. The van der Waals surface area contributed by atoms with E-state index in [0.717, 1.165) is 21.5 Å². The summed E-state index contributed by atoms with van der Waals surface area (Å²) in [7, 11) is 0. The topological polar surface area (TPSA) is 68.1 Å². The van der Waals surface area contributed by atoms with E-state index < -0.39 is 0 Å². The summed E-state index contributed by atoms with van der Waals surface area (Å²) < 4.78 is 0.873. The highest BCUT2D eigenvalue weighted by Gasteiger charge is 2.11. The number of benzene rings is 1. The second-order valence-corrected chi connectivity index (χ2v) is 5.62. The Balaban J connectivity index is 2.30. The normalized spacial score (nSPS) is 10.3. The van der Waals surface area contributed by atoms with Crippen LogP contribution in [0, 0.1) is 10.1 Å². The first kappa shape index (κ1) is 12.8. The van der Waals surface area contributed by atoms with Gasteiger partial charge in [-0.05, 0) is 13.0 Å². The van der Waals surface area contributed by atoms with Crippen LogP contribution in [0.4, 0.5) is 11.4 Å². The summed E-state index contributed by atoms with van der Waals surface area (Å²) in [6.07, 6.45) is 1.72. The molecule has 2 rings (SSSR count). The highest BCUT2D eigenvalue weighted by atomic mass is 32.2. The molecule has 1 heterocycles. The summed E-state index contributed by atoms with van der Waals surface area (Å²) in [6, 6.07) is 4.99. The van der Waals surface area contributed by atoms with E-state index in [1.54, 1.807) is 12.3 Å². The number of anilines is 1. The first-order valence-electron chi connectivity index (χ1n) is 5.29. The number of thiazole rings is 1. The van der Waals surface area contributed by atoms with E-state index in [1.165, 1.54) is 29.2 Å². The zero-order valence-corrected chi connectivity index (χ0v) is 11.3. The standard InChI is InChI=1S/C11H11N3O2S2/c1-2-12-8-5-9(14(15)16)7-10(6-8)18-11-13-3-4-17-11/h3-7,12H,2H2,1H3. The highest BCUT2D eigenvalue weighted by Crippen LogP contribution is 2.33. The van der Waals surface area contributed by atoms with Gasteiger partial charge in [0.05, 0.1) is 4.92 Å². The lowest BCUT2D eigenvalue weighted by Gasteiger charge is -2.05. The quantitative estimate of drug-likeness (QED) is 0.669. The number of nitrogens with one attached hydrogen (secondary N) is 1. The highest BCUT2D eigenvalue weighted by molar-refractivity contribution is 8.01. The van der Waals surface area contributed by atoms with Crippen molar-refractivity contribution < 1.29 is 4.92 Å². The summed E-state index contributed by atoms with van der Waals surface area (Å²) in [4.78, 5) is 15.5. The molecule has 94 valence electrons. The van der Waals surface area contributed by atoms with Gasteiger partial charge in [0.15, 0.2) is 4.34 Å². The lowest BCUT2D eigenvalue weighted by molar-refractivity contribution is -0.385. The number of nitro benzene ring substituents is 1. The Hall–Kier alpha value is -1.60. The molecule has 1 aromatic heterocycles. The summed E-state index contributed by atoms with van der Waals surface area (Å²) >= 11 is 2.94. The van der Waals surface area contributed by atoms with Gasteiger partial charge in [-0.15, -0.1) is 11.3 Å². The Labute approximate surface area is 112 Å². The maximum Gasteiger partial charge on any atom is 0.272 e. The number of rotatable bonds is 5. The Morgan fingerprint density at radius 3 is 2.94 bits per heavy atom. The zero-order valence-electron chi connectivity index (χ0n) is 9.62. The van der Waals surface area contributed by atoms with E-state index in [-0.39, 0.29) is 10.6 Å². The van der Waals surface area contributed by atoms with Crippen molar-refractivity contribution in [3.63, 3.8) is 0 Å². The third-order valence-electron chi connectivity index (χ3n) is 2.10. The van der Waals surface area contributed by atoms with E-state index >= 15 is 0 Å². The minimum atomic E-state index is -0.382. The van der Waals surface area contributed by atoms with Crippen molar-refractivity contribution in [2.24, 2.45) is 0 Å². The fraction of sp³-hybridized carbons (Fsp3) is 0.182. The monoisotopic (exact) mass is 281 g/mol. The predicted molar refractivity (Wildman–Crippen MR) is 73.5 cm³/mol. The largest absolute Gasteiger partial charge is 0.385 e. The first-order chi connectivity index (χ1) is 8.69. The van der Waals surface area contributed by atoms with Crippen LogP contribution in [-0.4, -0.2) is 16.5 Å². The molecule has 0 aliphatic heterocycles. The number of hydrogen-bond donors (Lipinski definition) is 1. The number of hydrogen-bond acceptors (Lipinski definition) is 6. The smallest absolute Gasteiger partial charge is 0.272 e. The van der Waals surface area contributed by atoms with Gasteiger partial charge in [-0.3, -0.25) is 10.1 Å². The second kappa shape index (κ2) is 5.83. The fourth-order valence-electron chi connectivity index (χ4n) is 1.42. The van der Waals surface area contributed by atoms with Crippen molar-refractivity contribution in [2.45, 2.75) is 16.2 Å². The van der Waals surface area contributed by atoms with Crippen molar-refractivity contribution >= 4 is 34.5 Å². The molecule has 1 N–H and O–H groups in total. The molecule has 0 atom stereocenters. The SMILES string of the molecule is CCNc1cc(Sc2nccs2)cc([N+](=O)[O-])c1. The molecule has 7 heteroatoms. The molecule has 18 heavy (non-hydrogen) atoms. The van der Waals surface area contributed by atoms with Gasteiger partial charge in [-0.25, -0.2) is 4.98 Å². The van der Waals surface area contributed by atoms with Gasteiger partial charge in [0.1, 0.15) is 0 Å². The molecule has 2 aromatic rings. The van der Waals surface area contributed by atoms with Crippen LogP contribution < -0.4 is 5.32 Å². The van der Waals surface area contributed by atoms with Crippen molar-refractivity contribution in [3.05, 3.63) is 39.9 Å². The van der Waals surface area contributed by atoms with Crippen LogP contribution in [0.25, 0.3) is 0 Å². The van der Waals surface area contributed by atoms with E-state index in [0.29, 0.717) is 0 Å². The van der Waals surface area contributed by atoms with Crippen molar-refractivity contribution in [1.29, 1.82) is 0 Å². The third kappa shape index (κ3) is 3.21. The number of nitrogens with zero attached hydrogens (tertiary/aromatic N) is 2. The number of nitro groups is 1. The van der Waals surface area contributed by atoms with Gasteiger partial charge < -0.3 is 5.32 Å². The van der Waals surface area contributed by atoms with Crippen molar-refractivity contribution in [1.82, 2.24) is 4.98 Å². The maximum absolute atomic E-state index is 10.9. The molecular weight excluding hydrogens is 270 g/mol.